The molecule has 3 N–H and O–H groups in total. The molecule has 5 heteroatoms. The van der Waals surface area contributed by atoms with E-state index in [0.717, 1.165) is 12.8 Å². The number of benzene rings is 1. The molecule has 0 saturated heterocycles. The van der Waals surface area contributed by atoms with Crippen molar-refractivity contribution in [2.24, 2.45) is 0 Å². The number of nitrogens with two attached hydrogens (primary N) is 1. The van der Waals surface area contributed by atoms with Gasteiger partial charge in [0.2, 0.25) is 5.75 Å². The summed E-state index contributed by atoms with van der Waals surface area (Å²) in [6, 6.07) is 5.10. The number of rotatable bonds is 7. The molecule has 1 aromatic carbocycles. The minimum atomic E-state index is -0.348. The zero-order valence-corrected chi connectivity index (χ0v) is 16.0. The molecule has 0 aliphatic rings. The van der Waals surface area contributed by atoms with Crippen LogP contribution >= 0.6 is 0 Å². The fraction of sp³-hybridized carbons (Fsp3) is 0.381. The first-order valence-corrected chi connectivity index (χ1v) is 8.92. The first-order chi connectivity index (χ1) is 12.3. The lowest BCUT2D eigenvalue weighted by molar-refractivity contribution is 0.329. The summed E-state index contributed by atoms with van der Waals surface area (Å²) in [5, 5.41) is 11.1. The highest BCUT2D eigenvalue weighted by Gasteiger charge is 2.17. The minimum Gasteiger partial charge on any atom is -0.504 e. The Labute approximate surface area is 154 Å². The van der Waals surface area contributed by atoms with Gasteiger partial charge in [-0.05, 0) is 64.8 Å². The number of hydrogen-bond acceptors (Lipinski definition) is 4. The maximum Gasteiger partial charge on any atom is 0.297 e. The Morgan fingerprint density at radius 1 is 1.27 bits per heavy atom. The fourth-order valence-electron chi connectivity index (χ4n) is 2.83. The molecule has 0 radical (unpaired) electrons. The molecule has 1 heterocycles. The number of ether oxygens (including phenoxy) is 1. The number of anilines is 1. The van der Waals surface area contributed by atoms with Crippen molar-refractivity contribution in [3.63, 3.8) is 0 Å². The molecule has 0 aliphatic heterocycles. The number of fused-ring (bicyclic) bond motifs is 1. The standard InChI is InChI=1S/C21H28N2O3/c1-5-23-18-13-16(22)9-10-17(18)19(24)20(21(23)25)26-12-11-15(4)8-6-7-14(2)3/h7,9-11,13,24H,5-6,8,12,22H2,1-4H3. The van der Waals surface area contributed by atoms with Crippen LogP contribution < -0.4 is 16.0 Å². The zero-order chi connectivity index (χ0) is 19.3. The number of aryl methyl sites for hydroxylation is 1. The van der Waals surface area contributed by atoms with Crippen molar-refractivity contribution >= 4 is 16.6 Å². The van der Waals surface area contributed by atoms with E-state index in [-0.39, 0.29) is 23.7 Å². The van der Waals surface area contributed by atoms with Crippen molar-refractivity contribution in [2.45, 2.75) is 47.1 Å². The molecular weight excluding hydrogens is 328 g/mol. The monoisotopic (exact) mass is 356 g/mol. The van der Waals surface area contributed by atoms with E-state index in [1.165, 1.54) is 11.1 Å². The molecule has 0 bridgehead atoms. The summed E-state index contributed by atoms with van der Waals surface area (Å²) >= 11 is 0. The van der Waals surface area contributed by atoms with E-state index in [1.54, 1.807) is 22.8 Å². The molecular formula is C21H28N2O3. The van der Waals surface area contributed by atoms with Gasteiger partial charge in [0.1, 0.15) is 6.61 Å². The predicted molar refractivity (Wildman–Crippen MR) is 108 cm³/mol. The van der Waals surface area contributed by atoms with Crippen molar-refractivity contribution in [1.82, 2.24) is 4.57 Å². The molecule has 2 aromatic rings. The second-order valence-electron chi connectivity index (χ2n) is 6.69. The first-order valence-electron chi connectivity index (χ1n) is 8.92. The second kappa shape index (κ2) is 8.61. The minimum absolute atomic E-state index is 0.0162. The third-order valence-electron chi connectivity index (χ3n) is 4.29. The van der Waals surface area contributed by atoms with Crippen molar-refractivity contribution in [1.29, 1.82) is 0 Å². The molecule has 5 nitrogen and oxygen atoms in total. The SMILES string of the molecule is CCn1c(=O)c(OCC=C(C)CCC=C(C)C)c(O)c2ccc(N)cc21. The molecule has 0 unspecified atom stereocenters. The third kappa shape index (κ3) is 4.48. The maximum atomic E-state index is 12.7. The van der Waals surface area contributed by atoms with Gasteiger partial charge < -0.3 is 20.1 Å². The smallest absolute Gasteiger partial charge is 0.297 e. The summed E-state index contributed by atoms with van der Waals surface area (Å²) < 4.78 is 7.20. The Kier molecular flexibility index (Phi) is 6.50. The van der Waals surface area contributed by atoms with Crippen LogP contribution in [0.2, 0.25) is 0 Å². The Morgan fingerprint density at radius 2 is 2.00 bits per heavy atom. The Balaban J connectivity index is 2.26. The number of aromatic hydroxyl groups is 1. The van der Waals surface area contributed by atoms with Gasteiger partial charge in [-0.1, -0.05) is 17.2 Å². The molecule has 0 saturated carbocycles. The van der Waals surface area contributed by atoms with Crippen LogP contribution in [0.5, 0.6) is 11.5 Å². The summed E-state index contributed by atoms with van der Waals surface area (Å²) in [5.41, 5.74) is 9.11. The lowest BCUT2D eigenvalue weighted by Crippen LogP contribution is -2.22. The average Bonchev–Trinajstić information content (AvgIpc) is 2.57. The number of nitrogen functional groups attached to an aromatic ring is 1. The van der Waals surface area contributed by atoms with Gasteiger partial charge in [-0.3, -0.25) is 4.79 Å². The predicted octanol–water partition coefficient (Wildman–Crippen LogP) is 4.38. The van der Waals surface area contributed by atoms with Crippen LogP contribution in [-0.4, -0.2) is 16.3 Å². The van der Waals surface area contributed by atoms with Crippen LogP contribution in [0.3, 0.4) is 0 Å². The van der Waals surface area contributed by atoms with E-state index < -0.39 is 0 Å². The summed E-state index contributed by atoms with van der Waals surface area (Å²) in [7, 11) is 0. The van der Waals surface area contributed by atoms with Gasteiger partial charge in [-0.2, -0.15) is 0 Å². The first kappa shape index (κ1) is 19.6. The van der Waals surface area contributed by atoms with Crippen LogP contribution in [-0.2, 0) is 6.54 Å². The molecule has 0 aliphatic carbocycles. The second-order valence-corrected chi connectivity index (χ2v) is 6.69. The number of nitrogens with zero attached hydrogens (tertiary/aromatic N) is 1. The number of allylic oxidation sites excluding steroid dienone is 3. The van der Waals surface area contributed by atoms with Crippen molar-refractivity contribution in [3.05, 3.63) is 51.9 Å². The lowest BCUT2D eigenvalue weighted by Gasteiger charge is -2.14. The van der Waals surface area contributed by atoms with E-state index in [0.29, 0.717) is 23.1 Å². The summed E-state index contributed by atoms with van der Waals surface area (Å²) in [6.07, 6.45) is 6.06. The maximum absolute atomic E-state index is 12.7. The highest BCUT2D eigenvalue weighted by Crippen LogP contribution is 2.32. The van der Waals surface area contributed by atoms with Crippen molar-refractivity contribution in [2.75, 3.05) is 12.3 Å². The van der Waals surface area contributed by atoms with Crippen LogP contribution in [0.25, 0.3) is 10.9 Å². The van der Waals surface area contributed by atoms with Crippen LogP contribution in [0.4, 0.5) is 5.69 Å². The molecule has 0 fully saturated rings. The Bertz CT molecular complexity index is 904. The lowest BCUT2D eigenvalue weighted by atomic mass is 10.1. The van der Waals surface area contributed by atoms with Gasteiger partial charge in [0.25, 0.3) is 5.56 Å². The number of pyridine rings is 1. The van der Waals surface area contributed by atoms with Gasteiger partial charge in [-0.15, -0.1) is 0 Å². The average molecular weight is 356 g/mol. The molecule has 0 amide bonds. The molecule has 2 rings (SSSR count). The number of aromatic nitrogens is 1. The Morgan fingerprint density at radius 3 is 2.65 bits per heavy atom. The number of hydrogen-bond donors (Lipinski definition) is 2. The topological polar surface area (TPSA) is 77.5 Å². The summed E-state index contributed by atoms with van der Waals surface area (Å²) in [4.78, 5) is 12.7. The normalized spacial score (nSPS) is 11.6. The van der Waals surface area contributed by atoms with Crippen LogP contribution in [0.15, 0.2) is 46.3 Å². The molecule has 0 spiro atoms. The fourth-order valence-corrected chi connectivity index (χ4v) is 2.83. The molecule has 140 valence electrons. The van der Waals surface area contributed by atoms with E-state index in [2.05, 4.69) is 19.9 Å². The van der Waals surface area contributed by atoms with E-state index in [4.69, 9.17) is 10.5 Å². The quantitative estimate of drug-likeness (QED) is 0.570. The molecule has 0 atom stereocenters. The van der Waals surface area contributed by atoms with E-state index in [9.17, 15) is 9.90 Å². The van der Waals surface area contributed by atoms with Gasteiger partial charge in [-0.25, -0.2) is 0 Å². The summed E-state index contributed by atoms with van der Waals surface area (Å²) in [5.74, 6) is -0.150. The third-order valence-corrected chi connectivity index (χ3v) is 4.29. The Hall–Kier alpha value is -2.69. The molecule has 1 aromatic heterocycles. The van der Waals surface area contributed by atoms with Crippen molar-refractivity contribution < 1.29 is 9.84 Å². The van der Waals surface area contributed by atoms with Gasteiger partial charge in [0.05, 0.1) is 5.52 Å². The van der Waals surface area contributed by atoms with Gasteiger partial charge in [0, 0.05) is 17.6 Å². The molecule has 26 heavy (non-hydrogen) atoms. The van der Waals surface area contributed by atoms with E-state index in [1.807, 2.05) is 19.9 Å². The van der Waals surface area contributed by atoms with Crippen LogP contribution in [0.1, 0.15) is 40.5 Å². The van der Waals surface area contributed by atoms with Crippen LogP contribution in [0, 0.1) is 0 Å². The van der Waals surface area contributed by atoms with E-state index >= 15 is 0 Å². The highest BCUT2D eigenvalue weighted by atomic mass is 16.5. The van der Waals surface area contributed by atoms with Gasteiger partial charge >= 0.3 is 0 Å². The zero-order valence-electron chi connectivity index (χ0n) is 16.0. The van der Waals surface area contributed by atoms with Crippen molar-refractivity contribution in [3.8, 4) is 11.5 Å². The highest BCUT2D eigenvalue weighted by molar-refractivity contribution is 5.89. The van der Waals surface area contributed by atoms with Gasteiger partial charge in [0.15, 0.2) is 5.75 Å². The largest absolute Gasteiger partial charge is 0.504 e. The summed E-state index contributed by atoms with van der Waals surface area (Å²) in [6.45, 7) is 8.78.